The van der Waals surface area contributed by atoms with Crippen molar-refractivity contribution < 1.29 is 22.7 Å². The second kappa shape index (κ2) is 15.3. The molecule has 0 radical (unpaired) electrons. The third-order valence-corrected chi connectivity index (χ3v) is 9.69. The van der Waals surface area contributed by atoms with E-state index in [2.05, 4.69) is 5.32 Å². The predicted molar refractivity (Wildman–Crippen MR) is 178 cm³/mol. The molecule has 0 spiro atoms. The molecule has 0 aliphatic carbocycles. The predicted octanol–water partition coefficient (Wildman–Crippen LogP) is 6.28. The van der Waals surface area contributed by atoms with Gasteiger partial charge in [-0.1, -0.05) is 89.4 Å². The Morgan fingerprint density at radius 2 is 1.53 bits per heavy atom. The van der Waals surface area contributed by atoms with E-state index in [1.165, 1.54) is 24.1 Å². The fourth-order valence-corrected chi connectivity index (χ4v) is 6.59. The fraction of sp³-hybridized carbons (Fsp3) is 0.235. The van der Waals surface area contributed by atoms with Gasteiger partial charge in [-0.25, -0.2) is 8.42 Å². The first-order valence-corrected chi connectivity index (χ1v) is 16.5. The van der Waals surface area contributed by atoms with E-state index in [1.54, 1.807) is 61.5 Å². The maximum atomic E-state index is 14.5. The number of para-hydroxylation sites is 2. The standard InChI is InChI=1S/C34H35Cl2N3O5S/c1-4-44-32-13-9-8-12-30(32)39(45(42,43)27-17-14-24(2)15-18-27)23-33(40)38(22-26-16-19-28(35)29(36)20-26)31(34(41)37-3)21-25-10-6-5-7-11-25/h5-20,31H,4,21-23H2,1-3H3,(H,37,41)/t31-/m0/s1. The first-order chi connectivity index (χ1) is 21.5. The quantitative estimate of drug-likeness (QED) is 0.181. The van der Waals surface area contributed by atoms with Crippen molar-refractivity contribution in [3.8, 4) is 5.75 Å². The summed E-state index contributed by atoms with van der Waals surface area (Å²) >= 11 is 12.5. The van der Waals surface area contributed by atoms with Gasteiger partial charge in [0.25, 0.3) is 10.0 Å². The van der Waals surface area contributed by atoms with E-state index in [1.807, 2.05) is 37.3 Å². The third-order valence-electron chi connectivity index (χ3n) is 7.18. The Hall–Kier alpha value is -4.05. The number of hydrogen-bond acceptors (Lipinski definition) is 5. The summed E-state index contributed by atoms with van der Waals surface area (Å²) in [6, 6.07) is 26.3. The van der Waals surface area contributed by atoms with E-state index in [0.29, 0.717) is 16.3 Å². The number of ether oxygens (including phenoxy) is 1. The number of likely N-dealkylation sites (N-methyl/N-ethyl adjacent to an activating group) is 1. The minimum absolute atomic E-state index is 0.00960. The molecule has 4 aromatic rings. The molecule has 11 heteroatoms. The maximum absolute atomic E-state index is 14.5. The number of nitrogens with one attached hydrogen (secondary N) is 1. The number of carbonyl (C=O) groups is 2. The molecule has 0 aliphatic heterocycles. The average molecular weight is 669 g/mol. The van der Waals surface area contributed by atoms with Crippen LogP contribution in [-0.4, -0.2) is 51.4 Å². The summed E-state index contributed by atoms with van der Waals surface area (Å²) in [6.45, 7) is 3.28. The first kappa shape index (κ1) is 33.8. The molecular weight excluding hydrogens is 633 g/mol. The van der Waals surface area contributed by atoms with Gasteiger partial charge in [0, 0.05) is 20.0 Å². The second-order valence-corrected chi connectivity index (χ2v) is 13.0. The summed E-state index contributed by atoms with van der Waals surface area (Å²) in [5.41, 5.74) is 2.52. The lowest BCUT2D eigenvalue weighted by atomic mass is 10.0. The molecule has 0 aromatic heterocycles. The van der Waals surface area contributed by atoms with Gasteiger partial charge in [-0.05, 0) is 61.4 Å². The molecule has 0 bridgehead atoms. The van der Waals surface area contributed by atoms with E-state index in [9.17, 15) is 18.0 Å². The molecule has 0 fully saturated rings. The summed E-state index contributed by atoms with van der Waals surface area (Å²) in [6.07, 6.45) is 0.188. The smallest absolute Gasteiger partial charge is 0.264 e. The van der Waals surface area contributed by atoms with Crippen LogP contribution < -0.4 is 14.4 Å². The normalized spacial score (nSPS) is 11.8. The largest absolute Gasteiger partial charge is 0.492 e. The molecule has 236 valence electrons. The molecule has 1 N–H and O–H groups in total. The van der Waals surface area contributed by atoms with Crippen LogP contribution in [0.15, 0.2) is 102 Å². The molecule has 0 saturated carbocycles. The van der Waals surface area contributed by atoms with Crippen molar-refractivity contribution in [3.05, 3.63) is 124 Å². The van der Waals surface area contributed by atoms with E-state index in [0.717, 1.165) is 15.4 Å². The molecular formula is C34H35Cl2N3O5S. The Morgan fingerprint density at radius 3 is 2.18 bits per heavy atom. The molecule has 0 aliphatic rings. The summed E-state index contributed by atoms with van der Waals surface area (Å²) in [5.74, 6) is -0.714. The number of carbonyl (C=O) groups excluding carboxylic acids is 2. The molecule has 0 unspecified atom stereocenters. The van der Waals surface area contributed by atoms with Crippen LogP contribution in [0.25, 0.3) is 0 Å². The Balaban J connectivity index is 1.83. The highest BCUT2D eigenvalue weighted by Gasteiger charge is 2.35. The molecule has 8 nitrogen and oxygen atoms in total. The number of amides is 2. The number of benzene rings is 4. The van der Waals surface area contributed by atoms with Crippen molar-refractivity contribution in [2.45, 2.75) is 37.8 Å². The minimum Gasteiger partial charge on any atom is -0.492 e. The molecule has 1 atom stereocenters. The van der Waals surface area contributed by atoms with Gasteiger partial charge in [0.1, 0.15) is 18.3 Å². The lowest BCUT2D eigenvalue weighted by Gasteiger charge is -2.34. The van der Waals surface area contributed by atoms with E-state index >= 15 is 0 Å². The Morgan fingerprint density at radius 1 is 0.867 bits per heavy atom. The fourth-order valence-electron chi connectivity index (χ4n) is 4.85. The van der Waals surface area contributed by atoms with Crippen LogP contribution in [0, 0.1) is 6.92 Å². The van der Waals surface area contributed by atoms with E-state index in [-0.39, 0.29) is 35.2 Å². The highest BCUT2D eigenvalue weighted by Crippen LogP contribution is 2.33. The molecule has 0 heterocycles. The topological polar surface area (TPSA) is 96.0 Å². The van der Waals surface area contributed by atoms with Crippen molar-refractivity contribution in [3.63, 3.8) is 0 Å². The second-order valence-electron chi connectivity index (χ2n) is 10.3. The summed E-state index contributed by atoms with van der Waals surface area (Å²) < 4.78 is 35.3. The van der Waals surface area contributed by atoms with Crippen LogP contribution in [0.1, 0.15) is 23.6 Å². The molecule has 2 amide bonds. The Labute approximate surface area is 274 Å². The Bertz CT molecular complexity index is 1730. The first-order valence-electron chi connectivity index (χ1n) is 14.3. The number of hydrogen-bond donors (Lipinski definition) is 1. The van der Waals surface area contributed by atoms with Gasteiger partial charge >= 0.3 is 0 Å². The van der Waals surface area contributed by atoms with E-state index < -0.39 is 34.4 Å². The van der Waals surface area contributed by atoms with Gasteiger partial charge < -0.3 is 15.0 Å². The zero-order chi connectivity index (χ0) is 32.6. The lowest BCUT2D eigenvalue weighted by molar-refractivity contribution is -0.139. The van der Waals surface area contributed by atoms with Gasteiger partial charge in [-0.3, -0.25) is 13.9 Å². The van der Waals surface area contributed by atoms with Crippen molar-refractivity contribution >= 4 is 50.7 Å². The van der Waals surface area contributed by atoms with Crippen LogP contribution in [0.2, 0.25) is 10.0 Å². The van der Waals surface area contributed by atoms with Crippen LogP contribution >= 0.6 is 23.2 Å². The van der Waals surface area contributed by atoms with Gasteiger partial charge in [0.15, 0.2) is 0 Å². The molecule has 4 rings (SSSR count). The van der Waals surface area contributed by atoms with Gasteiger partial charge in [0.05, 0.1) is 27.2 Å². The number of sulfonamides is 1. The van der Waals surface area contributed by atoms with Crippen molar-refractivity contribution in [2.75, 3.05) is 24.5 Å². The van der Waals surface area contributed by atoms with Crippen molar-refractivity contribution in [1.29, 1.82) is 0 Å². The van der Waals surface area contributed by atoms with Crippen LogP contribution in [0.4, 0.5) is 5.69 Å². The van der Waals surface area contributed by atoms with E-state index in [4.69, 9.17) is 27.9 Å². The molecule has 45 heavy (non-hydrogen) atoms. The van der Waals surface area contributed by atoms with Gasteiger partial charge in [0.2, 0.25) is 11.8 Å². The highest BCUT2D eigenvalue weighted by molar-refractivity contribution is 7.92. The number of anilines is 1. The molecule has 4 aromatic carbocycles. The zero-order valence-corrected chi connectivity index (χ0v) is 27.6. The van der Waals surface area contributed by atoms with Crippen molar-refractivity contribution in [2.24, 2.45) is 0 Å². The summed E-state index contributed by atoms with van der Waals surface area (Å²) in [4.78, 5) is 29.3. The minimum atomic E-state index is -4.27. The average Bonchev–Trinajstić information content (AvgIpc) is 3.04. The number of halogens is 2. The molecule has 0 saturated heterocycles. The maximum Gasteiger partial charge on any atom is 0.264 e. The van der Waals surface area contributed by atoms with Gasteiger partial charge in [-0.15, -0.1) is 0 Å². The van der Waals surface area contributed by atoms with Crippen LogP contribution in [0.5, 0.6) is 5.75 Å². The van der Waals surface area contributed by atoms with Crippen molar-refractivity contribution in [1.82, 2.24) is 10.2 Å². The van der Waals surface area contributed by atoms with Gasteiger partial charge in [-0.2, -0.15) is 0 Å². The summed E-state index contributed by atoms with van der Waals surface area (Å²) in [5, 5.41) is 3.30. The summed E-state index contributed by atoms with van der Waals surface area (Å²) in [7, 11) is -2.77. The third kappa shape index (κ3) is 8.36. The highest BCUT2D eigenvalue weighted by atomic mass is 35.5. The number of rotatable bonds is 13. The lowest BCUT2D eigenvalue weighted by Crippen LogP contribution is -2.53. The van der Waals surface area contributed by atoms with Crippen LogP contribution in [0.3, 0.4) is 0 Å². The number of aryl methyl sites for hydroxylation is 1. The Kier molecular flexibility index (Phi) is 11.5. The monoisotopic (exact) mass is 667 g/mol. The SMILES string of the molecule is CCOc1ccccc1N(CC(=O)N(Cc1ccc(Cl)c(Cl)c1)[C@@H](Cc1ccccc1)C(=O)NC)S(=O)(=O)c1ccc(C)cc1. The number of nitrogens with zero attached hydrogens (tertiary/aromatic N) is 2. The zero-order valence-electron chi connectivity index (χ0n) is 25.2. The van der Waals surface area contributed by atoms with Crippen LogP contribution in [-0.2, 0) is 32.6 Å².